The van der Waals surface area contributed by atoms with Gasteiger partial charge in [0.2, 0.25) is 15.9 Å². The maximum absolute atomic E-state index is 12.6. The van der Waals surface area contributed by atoms with Crippen LogP contribution >= 0.6 is 11.6 Å². The van der Waals surface area contributed by atoms with Crippen LogP contribution in [-0.4, -0.2) is 26.6 Å². The fraction of sp³-hybridized carbons (Fsp3) is 0.278. The lowest BCUT2D eigenvalue weighted by Crippen LogP contribution is -2.49. The van der Waals surface area contributed by atoms with E-state index in [1.165, 1.54) is 6.07 Å². The average molecular weight is 381 g/mol. The molecule has 2 aromatic carbocycles. The maximum atomic E-state index is 12.6. The van der Waals surface area contributed by atoms with Gasteiger partial charge in [-0.25, -0.2) is 8.42 Å². The van der Waals surface area contributed by atoms with Gasteiger partial charge in [-0.3, -0.25) is 9.10 Å². The maximum Gasteiger partial charge on any atom is 0.244 e. The second kappa shape index (κ2) is 8.36. The Bertz CT molecular complexity index is 825. The van der Waals surface area contributed by atoms with Crippen molar-refractivity contribution in [3.05, 3.63) is 65.2 Å². The van der Waals surface area contributed by atoms with Gasteiger partial charge in [-0.15, -0.1) is 0 Å². The first kappa shape index (κ1) is 19.3. The molecule has 1 atom stereocenters. The van der Waals surface area contributed by atoms with E-state index in [9.17, 15) is 13.2 Å². The van der Waals surface area contributed by atoms with E-state index < -0.39 is 16.1 Å². The van der Waals surface area contributed by atoms with Crippen molar-refractivity contribution in [2.24, 2.45) is 0 Å². The van der Waals surface area contributed by atoms with Gasteiger partial charge in [0.05, 0.1) is 11.9 Å². The van der Waals surface area contributed by atoms with E-state index in [-0.39, 0.29) is 5.91 Å². The predicted molar refractivity (Wildman–Crippen MR) is 101 cm³/mol. The third-order valence-corrected chi connectivity index (χ3v) is 5.12. The van der Waals surface area contributed by atoms with E-state index in [4.69, 9.17) is 11.6 Å². The fourth-order valence-electron chi connectivity index (χ4n) is 2.58. The number of amides is 1. The largest absolute Gasteiger partial charge is 0.350 e. The SMILES string of the molecule is CCC(C(=O)NCc1ccccc1)N(c1cccc(Cl)c1)S(C)(=O)=O. The van der Waals surface area contributed by atoms with E-state index >= 15 is 0 Å². The summed E-state index contributed by atoms with van der Waals surface area (Å²) in [7, 11) is -3.66. The van der Waals surface area contributed by atoms with Crippen LogP contribution in [0.1, 0.15) is 18.9 Å². The van der Waals surface area contributed by atoms with Crippen LogP contribution in [-0.2, 0) is 21.4 Å². The van der Waals surface area contributed by atoms with E-state index in [1.54, 1.807) is 25.1 Å². The third kappa shape index (κ3) is 5.21. The van der Waals surface area contributed by atoms with Gasteiger partial charge in [-0.2, -0.15) is 0 Å². The molecule has 0 aromatic heterocycles. The highest BCUT2D eigenvalue weighted by Crippen LogP contribution is 2.25. The number of hydrogen-bond acceptors (Lipinski definition) is 3. The Hall–Kier alpha value is -2.05. The molecule has 0 aliphatic heterocycles. The molecule has 1 unspecified atom stereocenters. The minimum absolute atomic E-state index is 0.334. The minimum Gasteiger partial charge on any atom is -0.350 e. The number of sulfonamides is 1. The Morgan fingerprint density at radius 3 is 2.40 bits per heavy atom. The fourth-order valence-corrected chi connectivity index (χ4v) is 3.96. The van der Waals surface area contributed by atoms with Crippen LogP contribution in [0.2, 0.25) is 5.02 Å². The van der Waals surface area contributed by atoms with Gasteiger partial charge >= 0.3 is 0 Å². The molecule has 0 aliphatic rings. The molecule has 1 N–H and O–H groups in total. The van der Waals surface area contributed by atoms with Gasteiger partial charge in [0, 0.05) is 11.6 Å². The van der Waals surface area contributed by atoms with E-state index in [0.717, 1.165) is 16.1 Å². The number of benzene rings is 2. The third-order valence-electron chi connectivity index (χ3n) is 3.70. The molecule has 0 saturated heterocycles. The zero-order valence-electron chi connectivity index (χ0n) is 14.1. The minimum atomic E-state index is -3.66. The molecule has 0 heterocycles. The van der Waals surface area contributed by atoms with Crippen LogP contribution in [0.3, 0.4) is 0 Å². The molecule has 5 nitrogen and oxygen atoms in total. The highest BCUT2D eigenvalue weighted by Gasteiger charge is 2.31. The van der Waals surface area contributed by atoms with Crippen molar-refractivity contribution in [2.45, 2.75) is 25.9 Å². The van der Waals surface area contributed by atoms with Gasteiger partial charge < -0.3 is 5.32 Å². The molecular formula is C18H21ClN2O3S. The summed E-state index contributed by atoms with van der Waals surface area (Å²) in [4.78, 5) is 12.6. The molecule has 134 valence electrons. The van der Waals surface area contributed by atoms with Crippen molar-refractivity contribution in [3.63, 3.8) is 0 Å². The smallest absolute Gasteiger partial charge is 0.244 e. The quantitative estimate of drug-likeness (QED) is 0.802. The Kier molecular flexibility index (Phi) is 6.45. The number of halogens is 1. The molecule has 2 rings (SSSR count). The first-order valence-electron chi connectivity index (χ1n) is 7.89. The van der Waals surface area contributed by atoms with E-state index in [1.807, 2.05) is 30.3 Å². The summed E-state index contributed by atoms with van der Waals surface area (Å²) in [5, 5.41) is 3.22. The molecule has 2 aromatic rings. The van der Waals surface area contributed by atoms with Gasteiger partial charge in [-0.05, 0) is 30.2 Å². The van der Waals surface area contributed by atoms with E-state index in [0.29, 0.717) is 23.7 Å². The van der Waals surface area contributed by atoms with Crippen molar-refractivity contribution in [1.82, 2.24) is 5.32 Å². The molecule has 0 aliphatic carbocycles. The van der Waals surface area contributed by atoms with Crippen LogP contribution in [0, 0.1) is 0 Å². The number of carbonyl (C=O) groups excluding carboxylic acids is 1. The number of nitrogens with zero attached hydrogens (tertiary/aromatic N) is 1. The van der Waals surface area contributed by atoms with Crippen LogP contribution < -0.4 is 9.62 Å². The first-order valence-corrected chi connectivity index (χ1v) is 10.1. The summed E-state index contributed by atoms with van der Waals surface area (Å²) in [5.41, 5.74) is 1.32. The Labute approximate surface area is 153 Å². The van der Waals surface area contributed by atoms with E-state index in [2.05, 4.69) is 5.32 Å². The summed E-state index contributed by atoms with van der Waals surface area (Å²) in [6.45, 7) is 2.11. The number of rotatable bonds is 7. The number of carbonyl (C=O) groups is 1. The van der Waals surface area contributed by atoms with Gasteiger partial charge in [0.1, 0.15) is 6.04 Å². The highest BCUT2D eigenvalue weighted by molar-refractivity contribution is 7.92. The molecule has 1 amide bonds. The molecule has 0 spiro atoms. The second-order valence-corrected chi connectivity index (χ2v) is 7.96. The molecule has 25 heavy (non-hydrogen) atoms. The molecule has 0 radical (unpaired) electrons. The zero-order chi connectivity index (χ0) is 18.4. The topological polar surface area (TPSA) is 66.5 Å². The van der Waals surface area contributed by atoms with Gasteiger partial charge in [-0.1, -0.05) is 54.9 Å². The number of nitrogens with one attached hydrogen (secondary N) is 1. The van der Waals surface area contributed by atoms with Crippen LogP contribution in [0.15, 0.2) is 54.6 Å². The lowest BCUT2D eigenvalue weighted by Gasteiger charge is -2.30. The summed E-state index contributed by atoms with van der Waals surface area (Å²) in [5.74, 6) is -0.350. The van der Waals surface area contributed by atoms with Crippen LogP contribution in [0.25, 0.3) is 0 Å². The molecular weight excluding hydrogens is 360 g/mol. The predicted octanol–water partition coefficient (Wildman–Crippen LogP) is 3.20. The van der Waals surface area contributed by atoms with Crippen molar-refractivity contribution in [3.8, 4) is 0 Å². The lowest BCUT2D eigenvalue weighted by atomic mass is 10.1. The summed E-state index contributed by atoms with van der Waals surface area (Å²) >= 11 is 5.99. The summed E-state index contributed by atoms with van der Waals surface area (Å²) in [6.07, 6.45) is 1.42. The van der Waals surface area contributed by atoms with Crippen molar-refractivity contribution < 1.29 is 13.2 Å². The van der Waals surface area contributed by atoms with Crippen molar-refractivity contribution in [1.29, 1.82) is 0 Å². The van der Waals surface area contributed by atoms with Crippen molar-refractivity contribution >= 4 is 33.2 Å². The molecule has 0 bridgehead atoms. The van der Waals surface area contributed by atoms with Gasteiger partial charge in [0.15, 0.2) is 0 Å². The average Bonchev–Trinajstić information content (AvgIpc) is 2.57. The molecule has 0 fully saturated rings. The standard InChI is InChI=1S/C18H21ClN2O3S/c1-3-17(18(22)20-13-14-8-5-4-6-9-14)21(25(2,23)24)16-11-7-10-15(19)12-16/h4-12,17H,3,13H2,1-2H3,(H,20,22). The zero-order valence-corrected chi connectivity index (χ0v) is 15.7. The van der Waals surface area contributed by atoms with Crippen LogP contribution in [0.4, 0.5) is 5.69 Å². The number of hydrogen-bond donors (Lipinski definition) is 1. The highest BCUT2D eigenvalue weighted by atomic mass is 35.5. The molecule has 7 heteroatoms. The van der Waals surface area contributed by atoms with Gasteiger partial charge in [0.25, 0.3) is 0 Å². The van der Waals surface area contributed by atoms with Crippen molar-refractivity contribution in [2.75, 3.05) is 10.6 Å². The lowest BCUT2D eigenvalue weighted by molar-refractivity contribution is -0.122. The Balaban J connectivity index is 2.25. The Morgan fingerprint density at radius 1 is 1.16 bits per heavy atom. The molecule has 0 saturated carbocycles. The number of anilines is 1. The van der Waals surface area contributed by atoms with Crippen LogP contribution in [0.5, 0.6) is 0 Å². The Morgan fingerprint density at radius 2 is 1.84 bits per heavy atom. The summed E-state index contributed by atoms with van der Waals surface area (Å²) < 4.78 is 25.8. The monoisotopic (exact) mass is 380 g/mol. The normalized spacial score (nSPS) is 12.4. The second-order valence-electron chi connectivity index (χ2n) is 5.67. The summed E-state index contributed by atoms with van der Waals surface area (Å²) in [6, 6.07) is 15.1. The first-order chi connectivity index (χ1) is 11.8.